The minimum absolute atomic E-state index is 1.10. The van der Waals surface area contributed by atoms with E-state index < -0.39 is 16.9 Å². The van der Waals surface area contributed by atoms with Crippen molar-refractivity contribution in [1.82, 2.24) is 0 Å². The van der Waals surface area contributed by atoms with E-state index >= 15 is 0 Å². The highest BCUT2D eigenvalue weighted by molar-refractivity contribution is 7.15. The summed E-state index contributed by atoms with van der Waals surface area (Å²) in [6.45, 7) is 0. The Bertz CT molecular complexity index is 1180. The van der Waals surface area contributed by atoms with Gasteiger partial charge in [-0.2, -0.15) is 0 Å². The second-order valence-corrected chi connectivity index (χ2v) is 14.4. The van der Waals surface area contributed by atoms with Crippen LogP contribution in [0.3, 0.4) is 0 Å². The van der Waals surface area contributed by atoms with Gasteiger partial charge in [-0.05, 0) is 15.6 Å². The first-order chi connectivity index (χ1) is 16.9. The third kappa shape index (κ3) is 4.51. The van der Waals surface area contributed by atoms with E-state index in [1.807, 2.05) is 0 Å². The number of benzene rings is 5. The third-order valence-corrected chi connectivity index (χ3v) is 13.5. The van der Waals surface area contributed by atoms with E-state index in [0.29, 0.717) is 0 Å². The Morgan fingerprint density at radius 2 is 0.676 bits per heavy atom. The Morgan fingerprint density at radius 1 is 0.382 bits per heavy atom. The lowest BCUT2D eigenvalue weighted by atomic mass is 10.3. The van der Waals surface area contributed by atoms with Crippen molar-refractivity contribution in [2.45, 2.75) is 0 Å². The van der Waals surface area contributed by atoms with E-state index in [9.17, 15) is 0 Å². The van der Waals surface area contributed by atoms with E-state index in [4.69, 9.17) is 0 Å². The molecule has 5 rings (SSSR count). The van der Waals surface area contributed by atoms with Crippen molar-refractivity contribution in [3.05, 3.63) is 163 Å². The maximum absolute atomic E-state index is 2.60. The Balaban J connectivity index is 1.75. The van der Waals surface area contributed by atoms with Crippen LogP contribution in [0.25, 0.3) is 0 Å². The molecule has 0 aliphatic rings. The molecule has 0 bridgehead atoms. The van der Waals surface area contributed by atoms with E-state index in [1.54, 1.807) is 0 Å². The molecule has 0 heterocycles. The number of hydrogen-bond acceptors (Lipinski definition) is 0. The standard InChI is InChI=1S/C32H27Si2/c1-6-16-28(17-7-1)33(29-18-8-2-9-19-29)26-27-34(30-20-10-3-11-21-30,31-22-12-4-13-23-31)32-24-14-5-15-25-32/h1-27H/b27-26+. The van der Waals surface area contributed by atoms with Crippen LogP contribution in [0, 0.1) is 0 Å². The molecule has 163 valence electrons. The Kier molecular flexibility index (Phi) is 6.80. The van der Waals surface area contributed by atoms with Crippen molar-refractivity contribution in [2.75, 3.05) is 0 Å². The van der Waals surface area contributed by atoms with Crippen molar-refractivity contribution < 1.29 is 0 Å². The largest absolute Gasteiger partial charge is 0.171 e. The molecule has 5 aromatic rings. The van der Waals surface area contributed by atoms with Crippen LogP contribution in [-0.2, 0) is 0 Å². The van der Waals surface area contributed by atoms with Crippen molar-refractivity contribution >= 4 is 42.8 Å². The predicted octanol–water partition coefficient (Wildman–Crippen LogP) is 4.10. The van der Waals surface area contributed by atoms with Crippen LogP contribution < -0.4 is 25.9 Å². The zero-order chi connectivity index (χ0) is 23.1. The second kappa shape index (κ2) is 10.5. The molecule has 0 amide bonds. The monoisotopic (exact) mass is 467 g/mol. The van der Waals surface area contributed by atoms with E-state index in [1.165, 1.54) is 25.9 Å². The summed E-state index contributed by atoms with van der Waals surface area (Å²) in [5, 5.41) is 7.04. The SMILES string of the molecule is C(=C\[Si](c1ccccc1)(c1ccccc1)c1ccccc1)/[Si](c1ccccc1)c1ccccc1. The Morgan fingerprint density at radius 3 is 1.00 bits per heavy atom. The van der Waals surface area contributed by atoms with Gasteiger partial charge in [0.25, 0.3) is 0 Å². The molecule has 2 heteroatoms. The molecule has 0 N–H and O–H groups in total. The molecule has 34 heavy (non-hydrogen) atoms. The van der Waals surface area contributed by atoms with Crippen LogP contribution in [0.2, 0.25) is 0 Å². The van der Waals surface area contributed by atoms with Crippen LogP contribution >= 0.6 is 0 Å². The van der Waals surface area contributed by atoms with Gasteiger partial charge in [0.2, 0.25) is 0 Å². The summed E-state index contributed by atoms with van der Waals surface area (Å²) < 4.78 is 0. The molecule has 0 saturated carbocycles. The number of hydrogen-bond donors (Lipinski definition) is 0. The lowest BCUT2D eigenvalue weighted by Crippen LogP contribution is -2.66. The quantitative estimate of drug-likeness (QED) is 0.250. The van der Waals surface area contributed by atoms with Crippen LogP contribution in [0.4, 0.5) is 0 Å². The van der Waals surface area contributed by atoms with Gasteiger partial charge in [-0.25, -0.2) is 0 Å². The highest BCUT2D eigenvalue weighted by Gasteiger charge is 2.37. The van der Waals surface area contributed by atoms with Gasteiger partial charge in [-0.15, -0.1) is 0 Å². The molecule has 0 aromatic heterocycles. The summed E-state index contributed by atoms with van der Waals surface area (Å²) in [5.74, 6) is 0. The smallest absolute Gasteiger partial charge is 0.0941 e. The fourth-order valence-electron chi connectivity index (χ4n) is 4.69. The molecule has 5 aromatic carbocycles. The van der Waals surface area contributed by atoms with Gasteiger partial charge in [0, 0.05) is 0 Å². The summed E-state index contributed by atoms with van der Waals surface area (Å²) in [6.07, 6.45) is 0. The molecular formula is C32H27Si2. The van der Waals surface area contributed by atoms with Crippen LogP contribution in [0.15, 0.2) is 163 Å². The fraction of sp³-hybridized carbons (Fsp3) is 0. The van der Waals surface area contributed by atoms with Gasteiger partial charge in [0.05, 0.1) is 0 Å². The van der Waals surface area contributed by atoms with Crippen LogP contribution in [0.5, 0.6) is 0 Å². The average molecular weight is 468 g/mol. The maximum atomic E-state index is 2.60. The molecule has 1 radical (unpaired) electrons. The highest BCUT2D eigenvalue weighted by atomic mass is 28.3. The molecule has 0 aliphatic heterocycles. The van der Waals surface area contributed by atoms with Crippen LogP contribution in [-0.4, -0.2) is 16.9 Å². The summed E-state index contributed by atoms with van der Waals surface area (Å²) in [4.78, 5) is 0. The van der Waals surface area contributed by atoms with Gasteiger partial charge in [-0.1, -0.05) is 173 Å². The Labute approximate surface area is 205 Å². The molecule has 0 aliphatic carbocycles. The van der Waals surface area contributed by atoms with Gasteiger partial charge in [0.15, 0.2) is 8.07 Å². The Hall–Kier alpha value is -3.73. The van der Waals surface area contributed by atoms with Gasteiger partial charge >= 0.3 is 0 Å². The highest BCUT2D eigenvalue weighted by Crippen LogP contribution is 2.11. The molecule has 0 fully saturated rings. The zero-order valence-electron chi connectivity index (χ0n) is 19.1. The van der Waals surface area contributed by atoms with Gasteiger partial charge in [0.1, 0.15) is 8.80 Å². The average Bonchev–Trinajstić information content (AvgIpc) is 2.94. The van der Waals surface area contributed by atoms with Crippen molar-refractivity contribution in [1.29, 1.82) is 0 Å². The first-order valence-electron chi connectivity index (χ1n) is 11.7. The predicted molar refractivity (Wildman–Crippen MR) is 151 cm³/mol. The van der Waals surface area contributed by atoms with E-state index in [0.717, 1.165) is 0 Å². The summed E-state index contributed by atoms with van der Waals surface area (Å²) in [6, 6.07) is 55.3. The van der Waals surface area contributed by atoms with Crippen LogP contribution in [0.1, 0.15) is 0 Å². The molecule has 0 atom stereocenters. The molecule has 0 unspecified atom stereocenters. The topological polar surface area (TPSA) is 0 Å². The minimum Gasteiger partial charge on any atom is -0.0941 e. The molecule has 0 saturated heterocycles. The van der Waals surface area contributed by atoms with E-state index in [-0.39, 0.29) is 0 Å². The summed E-state index contributed by atoms with van der Waals surface area (Å²) >= 11 is 0. The van der Waals surface area contributed by atoms with Crippen molar-refractivity contribution in [3.8, 4) is 0 Å². The summed E-state index contributed by atoms with van der Waals surface area (Å²) in [7, 11) is -3.51. The first-order valence-corrected chi connectivity index (χ1v) is 15.4. The normalized spacial score (nSPS) is 11.7. The second-order valence-electron chi connectivity index (χ2n) is 8.39. The molecular weight excluding hydrogens is 441 g/mol. The number of rotatable bonds is 7. The fourth-order valence-corrected chi connectivity index (χ4v) is 11.9. The lowest BCUT2D eigenvalue weighted by molar-refractivity contribution is 1.68. The molecule has 0 spiro atoms. The van der Waals surface area contributed by atoms with Gasteiger partial charge in [-0.3, -0.25) is 0 Å². The van der Waals surface area contributed by atoms with Crippen molar-refractivity contribution in [3.63, 3.8) is 0 Å². The first kappa shape index (κ1) is 22.1. The minimum atomic E-state index is -2.41. The molecule has 0 nitrogen and oxygen atoms in total. The van der Waals surface area contributed by atoms with Gasteiger partial charge < -0.3 is 0 Å². The zero-order valence-corrected chi connectivity index (χ0v) is 21.1. The van der Waals surface area contributed by atoms with E-state index in [2.05, 4.69) is 163 Å². The maximum Gasteiger partial charge on any atom is 0.171 e. The lowest BCUT2D eigenvalue weighted by Gasteiger charge is -2.31. The third-order valence-electron chi connectivity index (χ3n) is 6.36. The van der Waals surface area contributed by atoms with Crippen molar-refractivity contribution in [2.24, 2.45) is 0 Å². The summed E-state index contributed by atoms with van der Waals surface area (Å²) in [5.41, 5.74) is 5.15.